The number of carbonyl (C=O) groups excluding carboxylic acids is 3. The molecule has 3 aromatic rings. The van der Waals surface area contributed by atoms with Crippen molar-refractivity contribution in [2.24, 2.45) is 0 Å². The second-order valence-electron chi connectivity index (χ2n) is 9.02. The molecule has 3 rings (SSSR count). The van der Waals surface area contributed by atoms with Crippen LogP contribution in [-0.2, 0) is 27.4 Å². The van der Waals surface area contributed by atoms with Gasteiger partial charge in [-0.25, -0.2) is 4.79 Å². The average molecular weight is 606 g/mol. The minimum Gasteiger partial charge on any atom is -0.467 e. The van der Waals surface area contributed by atoms with Crippen molar-refractivity contribution in [1.29, 1.82) is 0 Å². The zero-order chi connectivity index (χ0) is 25.8. The number of hydrogen-bond acceptors (Lipinski definition) is 5. The predicted molar refractivity (Wildman–Crippen MR) is 140 cm³/mol. The summed E-state index contributed by atoms with van der Waals surface area (Å²) >= 11 is 6.88. The van der Waals surface area contributed by atoms with E-state index in [1.807, 2.05) is 25.1 Å². The van der Waals surface area contributed by atoms with Crippen LogP contribution >= 0.6 is 31.9 Å². The highest BCUT2D eigenvalue weighted by Gasteiger charge is 2.25. The number of anilines is 1. The first-order valence-corrected chi connectivity index (χ1v) is 12.4. The zero-order valence-corrected chi connectivity index (χ0v) is 23.0. The maximum Gasteiger partial charge on any atom is 0.338 e. The summed E-state index contributed by atoms with van der Waals surface area (Å²) in [5.74, 6) is -1.57. The van der Waals surface area contributed by atoms with Gasteiger partial charge in [0.15, 0.2) is 0 Å². The van der Waals surface area contributed by atoms with Gasteiger partial charge in [-0.05, 0) is 75.2 Å². The lowest BCUT2D eigenvalue weighted by molar-refractivity contribution is -0.144. The molecule has 184 valence electrons. The summed E-state index contributed by atoms with van der Waals surface area (Å²) in [6.07, 6.45) is 1.51. The molecule has 0 atom stereocenters. The monoisotopic (exact) mass is 604 g/mol. The molecule has 0 fully saturated rings. The molecule has 7 nitrogen and oxygen atoms in total. The highest BCUT2D eigenvalue weighted by molar-refractivity contribution is 9.10. The van der Waals surface area contributed by atoms with Crippen molar-refractivity contribution in [3.05, 3.63) is 86.2 Å². The van der Waals surface area contributed by atoms with E-state index in [1.54, 1.807) is 45.0 Å². The molecule has 1 N–H and O–H groups in total. The molecule has 2 amide bonds. The van der Waals surface area contributed by atoms with Crippen LogP contribution in [0.4, 0.5) is 5.69 Å². The van der Waals surface area contributed by atoms with Gasteiger partial charge in [0.25, 0.3) is 0 Å². The topological polar surface area (TPSA) is 88.9 Å². The van der Waals surface area contributed by atoms with E-state index in [1.165, 1.54) is 17.2 Å². The van der Waals surface area contributed by atoms with Gasteiger partial charge in [-0.3, -0.25) is 9.59 Å². The lowest BCUT2D eigenvalue weighted by atomic mass is 10.1. The van der Waals surface area contributed by atoms with Crippen molar-refractivity contribution in [2.75, 3.05) is 5.32 Å². The number of rotatable bonds is 6. The highest BCUT2D eigenvalue weighted by Crippen LogP contribution is 2.24. The lowest BCUT2D eigenvalue weighted by Gasteiger charge is -2.22. The number of amides is 2. The number of nitrogens with zero attached hydrogens (tertiary/aromatic N) is 1. The number of hydrogen-bond donors (Lipinski definition) is 1. The summed E-state index contributed by atoms with van der Waals surface area (Å²) in [6.45, 7) is 7.58. The van der Waals surface area contributed by atoms with Gasteiger partial charge in [0, 0.05) is 21.2 Å². The predicted octanol–water partition coefficient (Wildman–Crippen LogP) is 6.24. The van der Waals surface area contributed by atoms with Crippen LogP contribution in [0.2, 0.25) is 0 Å². The van der Waals surface area contributed by atoms with Crippen LogP contribution in [-0.4, -0.2) is 28.3 Å². The van der Waals surface area contributed by atoms with Gasteiger partial charge in [0.2, 0.25) is 0 Å². The van der Waals surface area contributed by atoms with Gasteiger partial charge in [-0.1, -0.05) is 44.0 Å². The van der Waals surface area contributed by atoms with Crippen LogP contribution in [0.15, 0.2) is 68.2 Å². The van der Waals surface area contributed by atoms with Gasteiger partial charge >= 0.3 is 17.8 Å². The summed E-state index contributed by atoms with van der Waals surface area (Å²) in [5, 5.41) is 2.60. The van der Waals surface area contributed by atoms with E-state index in [0.717, 1.165) is 15.6 Å². The third-order valence-electron chi connectivity index (χ3n) is 4.77. The summed E-state index contributed by atoms with van der Waals surface area (Å²) in [7, 11) is 0. The molecular weight excluding hydrogens is 580 g/mol. The normalized spacial score (nSPS) is 11.1. The first-order chi connectivity index (χ1) is 16.4. The SMILES string of the molecule is Cc1ccc(CN(Cc2ccco2)C(=O)C(=O)Nc2cc(Br)cc(C(=O)OC(C)(C)C)c2)c(Br)c1. The van der Waals surface area contributed by atoms with Crippen LogP contribution < -0.4 is 5.32 Å². The number of aryl methyl sites for hydroxylation is 1. The van der Waals surface area contributed by atoms with Crippen molar-refractivity contribution >= 4 is 55.3 Å². The van der Waals surface area contributed by atoms with Crippen molar-refractivity contribution < 1.29 is 23.5 Å². The summed E-state index contributed by atoms with van der Waals surface area (Å²) < 4.78 is 12.2. The molecule has 0 radical (unpaired) electrons. The smallest absolute Gasteiger partial charge is 0.338 e. The molecule has 0 unspecified atom stereocenters. The molecule has 0 bridgehead atoms. The number of benzene rings is 2. The van der Waals surface area contributed by atoms with Crippen molar-refractivity contribution in [3.63, 3.8) is 0 Å². The number of carbonyl (C=O) groups is 3. The first-order valence-electron chi connectivity index (χ1n) is 10.8. The summed E-state index contributed by atoms with van der Waals surface area (Å²) in [5.41, 5.74) is 1.77. The minimum atomic E-state index is -0.840. The molecule has 1 heterocycles. The maximum absolute atomic E-state index is 13.2. The standard InChI is InChI=1S/C26H26Br2N2O5/c1-16-7-8-17(22(28)10-16)14-30(15-21-6-5-9-34-21)24(32)23(31)29-20-12-18(11-19(27)13-20)25(33)35-26(2,3)4/h5-13H,14-15H2,1-4H3,(H,29,31). The van der Waals surface area contributed by atoms with Gasteiger partial charge < -0.3 is 19.4 Å². The van der Waals surface area contributed by atoms with E-state index >= 15 is 0 Å². The molecule has 0 aliphatic carbocycles. The van der Waals surface area contributed by atoms with Crippen LogP contribution in [0.25, 0.3) is 0 Å². The van der Waals surface area contributed by atoms with E-state index in [4.69, 9.17) is 9.15 Å². The van der Waals surface area contributed by atoms with E-state index in [2.05, 4.69) is 37.2 Å². The molecule has 9 heteroatoms. The Morgan fingerprint density at radius 2 is 1.77 bits per heavy atom. The van der Waals surface area contributed by atoms with Crippen molar-refractivity contribution in [3.8, 4) is 0 Å². The fraction of sp³-hybridized carbons (Fsp3) is 0.269. The Morgan fingerprint density at radius 1 is 1.03 bits per heavy atom. The zero-order valence-electron chi connectivity index (χ0n) is 19.9. The minimum absolute atomic E-state index is 0.112. The maximum atomic E-state index is 13.2. The quantitative estimate of drug-likeness (QED) is 0.266. The van der Waals surface area contributed by atoms with Gasteiger partial charge in [-0.2, -0.15) is 0 Å². The molecule has 0 spiro atoms. The third kappa shape index (κ3) is 7.80. The number of halogens is 2. The Morgan fingerprint density at radius 3 is 2.40 bits per heavy atom. The van der Waals surface area contributed by atoms with E-state index in [9.17, 15) is 14.4 Å². The molecule has 0 aliphatic heterocycles. The van der Waals surface area contributed by atoms with E-state index < -0.39 is 23.4 Å². The third-order valence-corrected chi connectivity index (χ3v) is 5.96. The molecular formula is C26H26Br2N2O5. The Labute approximate surface area is 221 Å². The number of ether oxygens (including phenoxy) is 1. The Bertz CT molecular complexity index is 1230. The van der Waals surface area contributed by atoms with E-state index in [0.29, 0.717) is 10.2 Å². The van der Waals surface area contributed by atoms with Crippen molar-refractivity contribution in [1.82, 2.24) is 4.90 Å². The van der Waals surface area contributed by atoms with Crippen LogP contribution in [0, 0.1) is 6.92 Å². The largest absolute Gasteiger partial charge is 0.467 e. The molecule has 0 saturated carbocycles. The lowest BCUT2D eigenvalue weighted by Crippen LogP contribution is -2.39. The molecule has 35 heavy (non-hydrogen) atoms. The fourth-order valence-electron chi connectivity index (χ4n) is 3.22. The molecule has 0 saturated heterocycles. The van der Waals surface area contributed by atoms with Gasteiger partial charge in [0.1, 0.15) is 11.4 Å². The van der Waals surface area contributed by atoms with Gasteiger partial charge in [-0.15, -0.1) is 0 Å². The van der Waals surface area contributed by atoms with Crippen LogP contribution in [0.3, 0.4) is 0 Å². The Balaban J connectivity index is 1.81. The van der Waals surface area contributed by atoms with Crippen molar-refractivity contribution in [2.45, 2.75) is 46.4 Å². The van der Waals surface area contributed by atoms with Crippen LogP contribution in [0.5, 0.6) is 0 Å². The van der Waals surface area contributed by atoms with Crippen LogP contribution in [0.1, 0.15) is 48.0 Å². The summed E-state index contributed by atoms with van der Waals surface area (Å²) in [4.78, 5) is 40.0. The Kier molecular flexibility index (Phi) is 8.56. The van der Waals surface area contributed by atoms with E-state index in [-0.39, 0.29) is 24.3 Å². The average Bonchev–Trinajstić information content (AvgIpc) is 3.26. The second kappa shape index (κ2) is 11.2. The first kappa shape index (κ1) is 26.7. The van der Waals surface area contributed by atoms with Gasteiger partial charge in [0.05, 0.1) is 18.4 Å². The fourth-order valence-corrected chi connectivity index (χ4v) is 4.33. The highest BCUT2D eigenvalue weighted by atomic mass is 79.9. The Hall–Kier alpha value is -2.91. The number of furan rings is 1. The number of esters is 1. The number of nitrogens with one attached hydrogen (secondary N) is 1. The molecule has 1 aromatic heterocycles. The second-order valence-corrected chi connectivity index (χ2v) is 10.8. The summed E-state index contributed by atoms with van der Waals surface area (Å²) in [6, 6.07) is 13.9. The molecule has 2 aromatic carbocycles. The molecule has 0 aliphatic rings.